The fraction of sp³-hybridized carbons (Fsp3) is 0.188. The van der Waals surface area contributed by atoms with Crippen LogP contribution in [0.4, 0.5) is 0 Å². The van der Waals surface area contributed by atoms with Crippen molar-refractivity contribution in [2.45, 2.75) is 19.3 Å². The average Bonchev–Trinajstić information content (AvgIpc) is 2.93. The smallest absolute Gasteiger partial charge is 0.182 e. The molecule has 0 fully saturated rings. The van der Waals surface area contributed by atoms with Gasteiger partial charge in [0.05, 0.1) is 5.52 Å². The molecule has 0 bridgehead atoms. The van der Waals surface area contributed by atoms with Crippen molar-refractivity contribution in [1.29, 1.82) is 0 Å². The topological polar surface area (TPSA) is 42.9 Å². The first-order valence-corrected chi connectivity index (χ1v) is 8.41. The Hall–Kier alpha value is -1.59. The highest BCUT2D eigenvalue weighted by Crippen LogP contribution is 2.37. The van der Waals surface area contributed by atoms with E-state index in [1.54, 1.807) is 17.5 Å². The van der Waals surface area contributed by atoms with Gasteiger partial charge in [0.25, 0.3) is 0 Å². The van der Waals surface area contributed by atoms with E-state index in [4.69, 9.17) is 0 Å². The second-order valence-corrected chi connectivity index (χ2v) is 7.00. The predicted molar refractivity (Wildman–Crippen MR) is 87.8 cm³/mol. The Labute approximate surface area is 134 Å². The molecule has 1 aliphatic rings. The fourth-order valence-corrected chi connectivity index (χ4v) is 4.29. The van der Waals surface area contributed by atoms with Gasteiger partial charge in [-0.05, 0) is 31.0 Å². The highest BCUT2D eigenvalue weighted by molar-refractivity contribution is 9.10. The summed E-state index contributed by atoms with van der Waals surface area (Å²) in [6.07, 6.45) is 4.31. The van der Waals surface area contributed by atoms with Crippen molar-refractivity contribution >= 4 is 44.0 Å². The number of halogens is 1. The molecule has 21 heavy (non-hydrogen) atoms. The third kappa shape index (κ3) is 2.12. The van der Waals surface area contributed by atoms with Crippen LogP contribution in [0.15, 0.2) is 34.9 Å². The lowest BCUT2D eigenvalue weighted by atomic mass is 10.0. The second kappa shape index (κ2) is 5.00. The number of hydrogen-bond donors (Lipinski definition) is 0. The van der Waals surface area contributed by atoms with Gasteiger partial charge in [-0.2, -0.15) is 0 Å². The molecule has 2 aromatic heterocycles. The number of nitrogens with zero attached hydrogens (tertiary/aromatic N) is 2. The van der Waals surface area contributed by atoms with Gasteiger partial charge in [0, 0.05) is 32.9 Å². The first-order chi connectivity index (χ1) is 10.2. The lowest BCUT2D eigenvalue weighted by molar-refractivity contribution is 0.0968. The Bertz CT molecular complexity index is 872. The van der Waals surface area contributed by atoms with E-state index in [-0.39, 0.29) is 5.78 Å². The van der Waals surface area contributed by atoms with E-state index >= 15 is 0 Å². The molecule has 2 heterocycles. The summed E-state index contributed by atoms with van der Waals surface area (Å²) in [5.74, 6) is 0.174. The second-order valence-electron chi connectivity index (χ2n) is 5.06. The van der Waals surface area contributed by atoms with E-state index in [1.807, 2.05) is 24.3 Å². The van der Waals surface area contributed by atoms with Crippen LogP contribution in [0.3, 0.4) is 0 Å². The molecular weight excluding hydrogens is 348 g/mol. The molecule has 3 aromatic rings. The highest BCUT2D eigenvalue weighted by Gasteiger charge is 2.23. The van der Waals surface area contributed by atoms with Crippen molar-refractivity contribution in [3.05, 3.63) is 45.5 Å². The summed E-state index contributed by atoms with van der Waals surface area (Å²) >= 11 is 5.18. The molecule has 3 nitrogen and oxygen atoms in total. The maximum atomic E-state index is 12.0. The molecule has 0 saturated heterocycles. The Morgan fingerprint density at radius 3 is 2.95 bits per heavy atom. The number of aromatic nitrogens is 2. The summed E-state index contributed by atoms with van der Waals surface area (Å²) in [4.78, 5) is 22.2. The third-order valence-corrected chi connectivity index (χ3v) is 5.56. The standard InChI is InChI=1S/C16H11BrN2OS/c17-11-7-6-10(14-9(11)3-2-8-18-14)16-19-15-12(20)4-1-5-13(15)21-16/h2-3,6-8H,1,4-5H2. The average molecular weight is 359 g/mol. The van der Waals surface area contributed by atoms with Crippen LogP contribution in [0.25, 0.3) is 21.5 Å². The molecule has 0 aliphatic heterocycles. The number of rotatable bonds is 1. The van der Waals surface area contributed by atoms with Crippen molar-refractivity contribution in [3.63, 3.8) is 0 Å². The quantitative estimate of drug-likeness (QED) is 0.636. The Morgan fingerprint density at radius 2 is 2.10 bits per heavy atom. The molecule has 0 atom stereocenters. The Kier molecular flexibility index (Phi) is 3.12. The lowest BCUT2D eigenvalue weighted by Gasteiger charge is -2.06. The van der Waals surface area contributed by atoms with Crippen molar-refractivity contribution in [2.24, 2.45) is 0 Å². The molecule has 0 spiro atoms. The molecule has 104 valence electrons. The molecule has 4 rings (SSSR count). The molecular formula is C16H11BrN2OS. The van der Waals surface area contributed by atoms with Crippen LogP contribution in [0.2, 0.25) is 0 Å². The van der Waals surface area contributed by atoms with Crippen LogP contribution in [0, 0.1) is 0 Å². The highest BCUT2D eigenvalue weighted by atomic mass is 79.9. The molecule has 1 aromatic carbocycles. The first-order valence-electron chi connectivity index (χ1n) is 6.80. The molecule has 0 unspecified atom stereocenters. The zero-order chi connectivity index (χ0) is 14.4. The summed E-state index contributed by atoms with van der Waals surface area (Å²) in [6.45, 7) is 0. The van der Waals surface area contributed by atoms with Gasteiger partial charge in [0.2, 0.25) is 0 Å². The van der Waals surface area contributed by atoms with Gasteiger partial charge in [-0.1, -0.05) is 22.0 Å². The fourth-order valence-electron chi connectivity index (χ4n) is 2.69. The molecule has 5 heteroatoms. The molecule has 0 amide bonds. The lowest BCUT2D eigenvalue weighted by Crippen LogP contribution is -2.08. The van der Waals surface area contributed by atoms with Gasteiger partial charge in [-0.3, -0.25) is 9.78 Å². The van der Waals surface area contributed by atoms with Crippen LogP contribution < -0.4 is 0 Å². The zero-order valence-corrected chi connectivity index (χ0v) is 13.5. The molecule has 0 saturated carbocycles. The summed E-state index contributed by atoms with van der Waals surface area (Å²) < 4.78 is 1.02. The maximum absolute atomic E-state index is 12.0. The number of fused-ring (bicyclic) bond motifs is 2. The van der Waals surface area contributed by atoms with Crippen LogP contribution in [0.1, 0.15) is 28.2 Å². The largest absolute Gasteiger partial charge is 0.292 e. The zero-order valence-electron chi connectivity index (χ0n) is 11.1. The maximum Gasteiger partial charge on any atom is 0.182 e. The van der Waals surface area contributed by atoms with Gasteiger partial charge < -0.3 is 0 Å². The van der Waals surface area contributed by atoms with Crippen LogP contribution in [-0.4, -0.2) is 15.8 Å². The number of carbonyl (C=O) groups excluding carboxylic acids is 1. The van der Waals surface area contributed by atoms with Crippen molar-refractivity contribution in [2.75, 3.05) is 0 Å². The number of carbonyl (C=O) groups is 1. The summed E-state index contributed by atoms with van der Waals surface area (Å²) in [6, 6.07) is 8.00. The minimum atomic E-state index is 0.174. The van der Waals surface area contributed by atoms with Crippen molar-refractivity contribution in [3.8, 4) is 10.6 Å². The van der Waals surface area contributed by atoms with E-state index in [2.05, 4.69) is 25.9 Å². The van der Waals surface area contributed by atoms with E-state index in [9.17, 15) is 4.79 Å². The SMILES string of the molecule is O=C1CCCc2sc(-c3ccc(Br)c4cccnc34)nc21. The van der Waals surface area contributed by atoms with E-state index < -0.39 is 0 Å². The summed E-state index contributed by atoms with van der Waals surface area (Å²) in [7, 11) is 0. The number of hydrogen-bond acceptors (Lipinski definition) is 4. The van der Waals surface area contributed by atoms with Crippen LogP contribution in [-0.2, 0) is 6.42 Å². The first kappa shape index (κ1) is 13.1. The van der Waals surface area contributed by atoms with Gasteiger partial charge in [0.15, 0.2) is 5.78 Å². The number of pyridine rings is 1. The van der Waals surface area contributed by atoms with Gasteiger partial charge in [0.1, 0.15) is 10.7 Å². The number of aryl methyl sites for hydroxylation is 1. The number of benzene rings is 1. The monoisotopic (exact) mass is 358 g/mol. The normalized spacial score (nSPS) is 14.4. The van der Waals surface area contributed by atoms with E-state index in [0.717, 1.165) is 43.7 Å². The van der Waals surface area contributed by atoms with E-state index in [1.165, 1.54) is 0 Å². The number of thiazole rings is 1. The predicted octanol–water partition coefficient (Wildman–Crippen LogP) is 4.64. The Morgan fingerprint density at radius 1 is 1.19 bits per heavy atom. The minimum Gasteiger partial charge on any atom is -0.292 e. The molecule has 0 N–H and O–H groups in total. The van der Waals surface area contributed by atoms with Gasteiger partial charge >= 0.3 is 0 Å². The Balaban J connectivity index is 1.95. The summed E-state index contributed by atoms with van der Waals surface area (Å²) in [5, 5.41) is 1.96. The molecule has 1 aliphatic carbocycles. The van der Waals surface area contributed by atoms with Gasteiger partial charge in [-0.25, -0.2) is 4.98 Å². The van der Waals surface area contributed by atoms with Crippen molar-refractivity contribution < 1.29 is 4.79 Å². The molecule has 0 radical (unpaired) electrons. The van der Waals surface area contributed by atoms with Crippen molar-refractivity contribution in [1.82, 2.24) is 9.97 Å². The summed E-state index contributed by atoms with van der Waals surface area (Å²) in [5.41, 5.74) is 2.60. The number of ketones is 1. The van der Waals surface area contributed by atoms with E-state index in [0.29, 0.717) is 12.1 Å². The number of Topliss-reactive ketones (excluding diaryl/α,β-unsaturated/α-hetero) is 1. The van der Waals surface area contributed by atoms with Crippen LogP contribution >= 0.6 is 27.3 Å². The minimum absolute atomic E-state index is 0.174. The third-order valence-electron chi connectivity index (χ3n) is 3.72. The van der Waals surface area contributed by atoms with Gasteiger partial charge in [-0.15, -0.1) is 11.3 Å². The van der Waals surface area contributed by atoms with Crippen LogP contribution in [0.5, 0.6) is 0 Å².